The number of piperidine rings is 1. The lowest BCUT2D eigenvalue weighted by Crippen LogP contribution is -2.37. The number of nitrogens with one attached hydrogen (secondary N) is 1. The average Bonchev–Trinajstić information content (AvgIpc) is 2.69. The molecule has 1 heterocycles. The minimum atomic E-state index is -0.0613. The number of benzene rings is 2. The van der Waals surface area contributed by atoms with Crippen molar-refractivity contribution in [3.8, 4) is 5.75 Å². The van der Waals surface area contributed by atoms with Gasteiger partial charge in [-0.15, -0.1) is 0 Å². The van der Waals surface area contributed by atoms with Gasteiger partial charge in [0.15, 0.2) is 0 Å². The summed E-state index contributed by atoms with van der Waals surface area (Å²) in [4.78, 5) is 15.0. The van der Waals surface area contributed by atoms with E-state index >= 15 is 0 Å². The summed E-state index contributed by atoms with van der Waals surface area (Å²) in [5.74, 6) is 0.691. The lowest BCUT2D eigenvalue weighted by atomic mass is 10.0. The molecule has 2 aromatic carbocycles. The van der Waals surface area contributed by atoms with Crippen LogP contribution in [-0.4, -0.2) is 30.5 Å². The molecule has 1 N–H and O–H groups in total. The average molecular weight is 352 g/mol. The summed E-state index contributed by atoms with van der Waals surface area (Å²) >= 11 is 0. The van der Waals surface area contributed by atoms with Crippen LogP contribution in [-0.2, 0) is 13.1 Å². The van der Waals surface area contributed by atoms with Crippen LogP contribution in [0.5, 0.6) is 5.75 Å². The molecule has 4 heteroatoms. The van der Waals surface area contributed by atoms with Gasteiger partial charge in [-0.2, -0.15) is 0 Å². The number of likely N-dealkylation sites (tertiary alicyclic amines) is 1. The summed E-state index contributed by atoms with van der Waals surface area (Å²) < 4.78 is 5.14. The van der Waals surface area contributed by atoms with Crippen molar-refractivity contribution < 1.29 is 9.53 Å². The van der Waals surface area contributed by atoms with Gasteiger partial charge in [0.05, 0.1) is 7.11 Å². The highest BCUT2D eigenvalue weighted by Gasteiger charge is 2.19. The first kappa shape index (κ1) is 18.5. The second-order valence-corrected chi connectivity index (χ2v) is 7.00. The highest BCUT2D eigenvalue weighted by Crippen LogP contribution is 2.21. The van der Waals surface area contributed by atoms with E-state index in [0.717, 1.165) is 18.8 Å². The van der Waals surface area contributed by atoms with E-state index in [9.17, 15) is 4.79 Å². The smallest absolute Gasteiger partial charge is 0.251 e. The van der Waals surface area contributed by atoms with Crippen LogP contribution in [0, 0.1) is 0 Å². The normalized spacial score (nSPS) is 17.7. The summed E-state index contributed by atoms with van der Waals surface area (Å²) in [7, 11) is 1.62. The molecule has 0 bridgehead atoms. The van der Waals surface area contributed by atoms with Gasteiger partial charge < -0.3 is 10.1 Å². The second-order valence-electron chi connectivity index (χ2n) is 7.00. The van der Waals surface area contributed by atoms with Crippen LogP contribution in [0.2, 0.25) is 0 Å². The molecule has 0 spiro atoms. The minimum Gasteiger partial charge on any atom is -0.497 e. The monoisotopic (exact) mass is 352 g/mol. The number of methoxy groups -OCH3 is 1. The van der Waals surface area contributed by atoms with Gasteiger partial charge in [0, 0.05) is 24.7 Å². The fourth-order valence-electron chi connectivity index (χ4n) is 3.52. The number of hydrogen-bond donors (Lipinski definition) is 1. The summed E-state index contributed by atoms with van der Waals surface area (Å²) in [6.07, 6.45) is 3.88. The third-order valence-corrected chi connectivity index (χ3v) is 5.22. The Labute approximate surface area is 156 Å². The van der Waals surface area contributed by atoms with Crippen LogP contribution in [0.25, 0.3) is 0 Å². The van der Waals surface area contributed by atoms with Gasteiger partial charge in [-0.1, -0.05) is 30.7 Å². The Morgan fingerprint density at radius 3 is 2.54 bits per heavy atom. The van der Waals surface area contributed by atoms with Gasteiger partial charge in [-0.05, 0) is 61.7 Å². The molecule has 0 aliphatic carbocycles. The third-order valence-electron chi connectivity index (χ3n) is 5.22. The topological polar surface area (TPSA) is 41.6 Å². The Balaban J connectivity index is 1.63. The third kappa shape index (κ3) is 4.64. The summed E-state index contributed by atoms with van der Waals surface area (Å²) in [5.41, 5.74) is 3.14. The maximum Gasteiger partial charge on any atom is 0.251 e. The van der Waals surface area contributed by atoms with Crippen molar-refractivity contribution in [1.29, 1.82) is 0 Å². The molecule has 138 valence electrons. The Kier molecular flexibility index (Phi) is 6.29. The van der Waals surface area contributed by atoms with Crippen molar-refractivity contribution in [3.63, 3.8) is 0 Å². The van der Waals surface area contributed by atoms with Crippen molar-refractivity contribution >= 4 is 5.91 Å². The number of carbonyl (C=O) groups excluding carboxylic acids is 1. The van der Waals surface area contributed by atoms with Crippen LogP contribution in [0.4, 0.5) is 0 Å². The highest BCUT2D eigenvalue weighted by atomic mass is 16.5. The Morgan fingerprint density at radius 2 is 1.85 bits per heavy atom. The summed E-state index contributed by atoms with van der Waals surface area (Å²) in [5, 5.41) is 3.04. The van der Waals surface area contributed by atoms with Crippen LogP contribution < -0.4 is 10.1 Å². The number of rotatable bonds is 6. The van der Waals surface area contributed by atoms with Crippen molar-refractivity contribution in [2.45, 2.75) is 45.3 Å². The first-order chi connectivity index (χ1) is 12.7. The van der Waals surface area contributed by atoms with Crippen LogP contribution in [0.15, 0.2) is 48.5 Å². The number of carbonyl (C=O) groups is 1. The van der Waals surface area contributed by atoms with E-state index in [0.29, 0.717) is 18.2 Å². The Bertz CT molecular complexity index is 727. The minimum absolute atomic E-state index is 0.0613. The lowest BCUT2D eigenvalue weighted by molar-refractivity contribution is 0.0950. The Morgan fingerprint density at radius 1 is 1.12 bits per heavy atom. The molecule has 1 amide bonds. The van der Waals surface area contributed by atoms with Crippen LogP contribution >= 0.6 is 0 Å². The molecule has 0 radical (unpaired) electrons. The van der Waals surface area contributed by atoms with Gasteiger partial charge in [0.2, 0.25) is 0 Å². The zero-order chi connectivity index (χ0) is 18.4. The number of ether oxygens (including phenoxy) is 1. The predicted octanol–water partition coefficient (Wildman–Crippen LogP) is 4.00. The maximum absolute atomic E-state index is 12.4. The van der Waals surface area contributed by atoms with Crippen molar-refractivity contribution in [2.75, 3.05) is 13.7 Å². The van der Waals surface area contributed by atoms with E-state index < -0.39 is 0 Å². The molecule has 26 heavy (non-hydrogen) atoms. The van der Waals surface area contributed by atoms with Crippen molar-refractivity contribution in [2.24, 2.45) is 0 Å². The molecular weight excluding hydrogens is 324 g/mol. The molecule has 1 unspecified atom stereocenters. The van der Waals surface area contributed by atoms with Crippen LogP contribution in [0.3, 0.4) is 0 Å². The van der Waals surface area contributed by atoms with E-state index in [4.69, 9.17) is 4.74 Å². The summed E-state index contributed by atoms with van der Waals surface area (Å²) in [6.45, 7) is 4.97. The van der Waals surface area contributed by atoms with E-state index in [1.54, 1.807) is 31.4 Å². The predicted molar refractivity (Wildman–Crippen MR) is 104 cm³/mol. The molecule has 0 saturated carbocycles. The molecule has 0 aromatic heterocycles. The van der Waals surface area contributed by atoms with Crippen molar-refractivity contribution in [3.05, 3.63) is 65.2 Å². The zero-order valence-corrected chi connectivity index (χ0v) is 15.7. The second kappa shape index (κ2) is 8.86. The fraction of sp³-hybridized carbons (Fsp3) is 0.409. The molecule has 1 aliphatic rings. The number of nitrogens with zero attached hydrogens (tertiary/aromatic N) is 1. The quantitative estimate of drug-likeness (QED) is 0.854. The van der Waals surface area contributed by atoms with Gasteiger partial charge >= 0.3 is 0 Å². The maximum atomic E-state index is 12.4. The first-order valence-corrected chi connectivity index (χ1v) is 9.40. The van der Waals surface area contributed by atoms with E-state index in [1.807, 2.05) is 6.07 Å². The largest absolute Gasteiger partial charge is 0.497 e. The molecule has 4 nitrogen and oxygen atoms in total. The molecule has 1 fully saturated rings. The van der Waals surface area contributed by atoms with E-state index in [1.165, 1.54) is 30.4 Å². The van der Waals surface area contributed by atoms with Gasteiger partial charge in [-0.25, -0.2) is 0 Å². The molecular formula is C22H28N2O2. The molecule has 1 aliphatic heterocycles. The standard InChI is InChI=1S/C22H28N2O2/c1-17-7-5-6-14-24(17)16-20-9-4-3-8-19(20)15-23-22(25)18-10-12-21(26-2)13-11-18/h3-4,8-13,17H,5-7,14-16H2,1-2H3,(H,23,25). The molecule has 1 saturated heterocycles. The zero-order valence-electron chi connectivity index (χ0n) is 15.7. The molecule has 1 atom stereocenters. The van der Waals surface area contributed by atoms with Gasteiger partial charge in [0.1, 0.15) is 5.75 Å². The van der Waals surface area contributed by atoms with Gasteiger partial charge in [-0.3, -0.25) is 9.69 Å². The molecule has 3 rings (SSSR count). The lowest BCUT2D eigenvalue weighted by Gasteiger charge is -2.33. The number of hydrogen-bond acceptors (Lipinski definition) is 3. The highest BCUT2D eigenvalue weighted by molar-refractivity contribution is 5.94. The van der Waals surface area contributed by atoms with E-state index in [-0.39, 0.29) is 5.91 Å². The van der Waals surface area contributed by atoms with Crippen molar-refractivity contribution in [1.82, 2.24) is 10.2 Å². The number of amides is 1. The van der Waals surface area contributed by atoms with Crippen LogP contribution in [0.1, 0.15) is 47.7 Å². The SMILES string of the molecule is COc1ccc(C(=O)NCc2ccccc2CN2CCCCC2C)cc1. The first-order valence-electron chi connectivity index (χ1n) is 9.40. The van der Waals surface area contributed by atoms with Gasteiger partial charge in [0.25, 0.3) is 5.91 Å². The van der Waals surface area contributed by atoms with E-state index in [2.05, 4.69) is 35.3 Å². The summed E-state index contributed by atoms with van der Waals surface area (Å²) in [6, 6.07) is 16.2. The fourth-order valence-corrected chi connectivity index (χ4v) is 3.52. The molecule has 2 aromatic rings. The Hall–Kier alpha value is -2.33.